The van der Waals surface area contributed by atoms with Gasteiger partial charge in [0.1, 0.15) is 5.60 Å². The Bertz CT molecular complexity index is 281. The highest BCUT2D eigenvalue weighted by Crippen LogP contribution is 2.33. The largest absolute Gasteiger partial charge is 0.363 e. The van der Waals surface area contributed by atoms with Crippen molar-refractivity contribution in [2.45, 2.75) is 31.3 Å². The van der Waals surface area contributed by atoms with Crippen LogP contribution in [0.15, 0.2) is 0 Å². The maximum Gasteiger partial charge on any atom is 0.252 e. The highest BCUT2D eigenvalue weighted by Gasteiger charge is 2.44. The van der Waals surface area contributed by atoms with Gasteiger partial charge < -0.3 is 15.0 Å². The fraction of sp³-hybridized carbons (Fsp3) is 0.917. The zero-order chi connectivity index (χ0) is 11.0. The van der Waals surface area contributed by atoms with Gasteiger partial charge in [0, 0.05) is 26.2 Å². The molecule has 0 aromatic rings. The lowest BCUT2D eigenvalue weighted by atomic mass is 9.89. The van der Waals surface area contributed by atoms with Crippen molar-refractivity contribution in [2.24, 2.45) is 5.92 Å². The predicted molar refractivity (Wildman–Crippen MR) is 60.1 cm³/mol. The molecule has 3 rings (SSSR count). The van der Waals surface area contributed by atoms with E-state index in [2.05, 4.69) is 10.2 Å². The molecule has 1 aliphatic carbocycles. The average Bonchev–Trinajstić information content (AvgIpc) is 3.10. The molecule has 2 heterocycles. The van der Waals surface area contributed by atoms with Crippen molar-refractivity contribution >= 4 is 5.91 Å². The Morgan fingerprint density at radius 2 is 2.12 bits per heavy atom. The van der Waals surface area contributed by atoms with Crippen molar-refractivity contribution in [3.8, 4) is 0 Å². The standard InChI is InChI=1S/C12H20N2O2/c15-11-12(16-8-5-13-11)3-6-14(7-4-12)9-10-1-2-10/h10H,1-9H2,(H,13,15). The average molecular weight is 224 g/mol. The van der Waals surface area contributed by atoms with Crippen LogP contribution < -0.4 is 5.32 Å². The fourth-order valence-electron chi connectivity index (χ4n) is 2.77. The van der Waals surface area contributed by atoms with Crippen LogP contribution in [0.1, 0.15) is 25.7 Å². The summed E-state index contributed by atoms with van der Waals surface area (Å²) in [5.74, 6) is 1.06. The Morgan fingerprint density at radius 3 is 2.75 bits per heavy atom. The summed E-state index contributed by atoms with van der Waals surface area (Å²) in [6.07, 6.45) is 4.54. The van der Waals surface area contributed by atoms with Crippen LogP contribution in [0, 0.1) is 5.92 Å². The van der Waals surface area contributed by atoms with Crippen LogP contribution in [-0.4, -0.2) is 49.2 Å². The summed E-state index contributed by atoms with van der Waals surface area (Å²) in [4.78, 5) is 14.4. The fourth-order valence-corrected chi connectivity index (χ4v) is 2.77. The maximum absolute atomic E-state index is 11.9. The number of piperidine rings is 1. The first-order chi connectivity index (χ1) is 7.78. The molecule has 90 valence electrons. The quantitative estimate of drug-likeness (QED) is 0.737. The maximum atomic E-state index is 11.9. The number of ether oxygens (including phenoxy) is 1. The number of carbonyl (C=O) groups excluding carboxylic acids is 1. The highest BCUT2D eigenvalue weighted by molar-refractivity contribution is 5.85. The lowest BCUT2D eigenvalue weighted by Crippen LogP contribution is -2.59. The van der Waals surface area contributed by atoms with Crippen LogP contribution in [0.3, 0.4) is 0 Å². The van der Waals surface area contributed by atoms with Gasteiger partial charge in [-0.1, -0.05) is 0 Å². The Morgan fingerprint density at radius 1 is 1.38 bits per heavy atom. The van der Waals surface area contributed by atoms with E-state index in [-0.39, 0.29) is 5.91 Å². The van der Waals surface area contributed by atoms with E-state index in [1.165, 1.54) is 19.4 Å². The van der Waals surface area contributed by atoms with Crippen LogP contribution in [-0.2, 0) is 9.53 Å². The third kappa shape index (κ3) is 1.96. The number of hydrogen-bond donors (Lipinski definition) is 1. The first-order valence-corrected chi connectivity index (χ1v) is 6.43. The topological polar surface area (TPSA) is 41.6 Å². The van der Waals surface area contributed by atoms with Gasteiger partial charge in [0.2, 0.25) is 0 Å². The van der Waals surface area contributed by atoms with Crippen molar-refractivity contribution in [1.82, 2.24) is 10.2 Å². The van der Waals surface area contributed by atoms with E-state index in [4.69, 9.17) is 4.74 Å². The molecule has 0 aromatic heterocycles. The molecule has 3 aliphatic rings. The van der Waals surface area contributed by atoms with Crippen LogP contribution in [0.5, 0.6) is 0 Å². The van der Waals surface area contributed by atoms with E-state index < -0.39 is 5.60 Å². The lowest BCUT2D eigenvalue weighted by molar-refractivity contribution is -0.162. The Kier molecular flexibility index (Phi) is 2.64. The second-order valence-corrected chi connectivity index (χ2v) is 5.34. The van der Waals surface area contributed by atoms with Crippen LogP contribution in [0.4, 0.5) is 0 Å². The molecule has 16 heavy (non-hydrogen) atoms. The van der Waals surface area contributed by atoms with Crippen LogP contribution in [0.25, 0.3) is 0 Å². The molecule has 0 atom stereocenters. The number of likely N-dealkylation sites (tertiary alicyclic amines) is 1. The van der Waals surface area contributed by atoms with Gasteiger partial charge in [-0.3, -0.25) is 4.79 Å². The van der Waals surface area contributed by atoms with Crippen molar-refractivity contribution in [3.63, 3.8) is 0 Å². The zero-order valence-electron chi connectivity index (χ0n) is 9.71. The Hall–Kier alpha value is -0.610. The Labute approximate surface area is 96.3 Å². The summed E-state index contributed by atoms with van der Waals surface area (Å²) in [6, 6.07) is 0. The van der Waals surface area contributed by atoms with Gasteiger partial charge in [-0.05, 0) is 31.6 Å². The number of carbonyl (C=O) groups is 1. The van der Waals surface area contributed by atoms with Crippen molar-refractivity contribution in [3.05, 3.63) is 0 Å². The molecule has 1 spiro atoms. The van der Waals surface area contributed by atoms with E-state index >= 15 is 0 Å². The smallest absolute Gasteiger partial charge is 0.252 e. The molecular weight excluding hydrogens is 204 g/mol. The van der Waals surface area contributed by atoms with Crippen molar-refractivity contribution < 1.29 is 9.53 Å². The molecule has 2 aliphatic heterocycles. The molecule has 0 radical (unpaired) electrons. The second kappa shape index (κ2) is 4.00. The molecule has 0 bridgehead atoms. The highest BCUT2D eigenvalue weighted by atomic mass is 16.5. The molecular formula is C12H20N2O2. The number of nitrogens with one attached hydrogen (secondary N) is 1. The molecule has 3 fully saturated rings. The molecule has 4 heteroatoms. The molecule has 1 N–H and O–H groups in total. The molecule has 2 saturated heterocycles. The van der Waals surface area contributed by atoms with Crippen LogP contribution >= 0.6 is 0 Å². The van der Waals surface area contributed by atoms with E-state index in [0.717, 1.165) is 31.8 Å². The van der Waals surface area contributed by atoms with Crippen LogP contribution in [0.2, 0.25) is 0 Å². The minimum atomic E-state index is -0.488. The SMILES string of the molecule is O=C1NCCOC12CCN(CC1CC1)CC2. The van der Waals surface area contributed by atoms with Gasteiger partial charge in [-0.25, -0.2) is 0 Å². The molecule has 0 aromatic carbocycles. The molecule has 1 amide bonds. The summed E-state index contributed by atoms with van der Waals surface area (Å²) in [7, 11) is 0. The summed E-state index contributed by atoms with van der Waals surface area (Å²) in [5, 5.41) is 2.93. The van der Waals surface area contributed by atoms with E-state index in [0.29, 0.717) is 13.2 Å². The van der Waals surface area contributed by atoms with Gasteiger partial charge in [0.15, 0.2) is 0 Å². The number of hydrogen-bond acceptors (Lipinski definition) is 3. The van der Waals surface area contributed by atoms with Gasteiger partial charge in [0.25, 0.3) is 5.91 Å². The molecule has 0 unspecified atom stereocenters. The van der Waals surface area contributed by atoms with E-state index in [9.17, 15) is 4.79 Å². The molecule has 4 nitrogen and oxygen atoms in total. The molecule has 1 saturated carbocycles. The van der Waals surface area contributed by atoms with Gasteiger partial charge >= 0.3 is 0 Å². The van der Waals surface area contributed by atoms with Crippen molar-refractivity contribution in [2.75, 3.05) is 32.8 Å². The predicted octanol–water partition coefficient (Wildman–Crippen LogP) is 0.377. The summed E-state index contributed by atoms with van der Waals surface area (Å²) < 4.78 is 5.75. The third-order valence-corrected chi connectivity index (χ3v) is 4.06. The second-order valence-electron chi connectivity index (χ2n) is 5.34. The zero-order valence-corrected chi connectivity index (χ0v) is 9.71. The van der Waals surface area contributed by atoms with Crippen molar-refractivity contribution in [1.29, 1.82) is 0 Å². The van der Waals surface area contributed by atoms with Gasteiger partial charge in [-0.2, -0.15) is 0 Å². The normalized spacial score (nSPS) is 30.4. The third-order valence-electron chi connectivity index (χ3n) is 4.06. The monoisotopic (exact) mass is 224 g/mol. The summed E-state index contributed by atoms with van der Waals surface area (Å²) in [5.41, 5.74) is -0.488. The first kappa shape index (κ1) is 10.5. The van der Waals surface area contributed by atoms with Gasteiger partial charge in [-0.15, -0.1) is 0 Å². The lowest BCUT2D eigenvalue weighted by Gasteiger charge is -2.42. The first-order valence-electron chi connectivity index (χ1n) is 6.43. The van der Waals surface area contributed by atoms with E-state index in [1.54, 1.807) is 0 Å². The summed E-state index contributed by atoms with van der Waals surface area (Å²) >= 11 is 0. The van der Waals surface area contributed by atoms with E-state index in [1.807, 2.05) is 0 Å². The number of morpholine rings is 1. The minimum Gasteiger partial charge on any atom is -0.363 e. The number of nitrogens with zero attached hydrogens (tertiary/aromatic N) is 1. The minimum absolute atomic E-state index is 0.116. The number of rotatable bonds is 2. The summed E-state index contributed by atoms with van der Waals surface area (Å²) in [6.45, 7) is 4.62. The number of amides is 1. The van der Waals surface area contributed by atoms with Gasteiger partial charge in [0.05, 0.1) is 6.61 Å². The Balaban J connectivity index is 1.57.